The smallest absolute Gasteiger partial charge is 0.248 e. The lowest BCUT2D eigenvalue weighted by molar-refractivity contribution is 0.1000. The Labute approximate surface area is 81.9 Å². The van der Waals surface area contributed by atoms with E-state index in [9.17, 15) is 4.79 Å². The Hall–Kier alpha value is -2.02. The standard InChI is InChI=1S/C10H10N2O2/c1-14-9-3-2-8(10(12)13)6-7(9)4-5-11/h2-3,6H,4H2,1H3,(H2,12,13). The second kappa shape index (κ2) is 4.28. The van der Waals surface area contributed by atoms with Gasteiger partial charge >= 0.3 is 0 Å². The Morgan fingerprint density at radius 2 is 2.36 bits per heavy atom. The van der Waals surface area contributed by atoms with Gasteiger partial charge in [-0.1, -0.05) is 0 Å². The number of primary amides is 1. The molecule has 72 valence electrons. The van der Waals surface area contributed by atoms with Crippen LogP contribution in [0.3, 0.4) is 0 Å². The van der Waals surface area contributed by atoms with Crippen LogP contribution < -0.4 is 10.5 Å². The summed E-state index contributed by atoms with van der Waals surface area (Å²) < 4.78 is 5.03. The minimum atomic E-state index is -0.508. The van der Waals surface area contributed by atoms with Crippen molar-refractivity contribution in [1.82, 2.24) is 0 Å². The largest absolute Gasteiger partial charge is 0.496 e. The maximum Gasteiger partial charge on any atom is 0.248 e. The number of methoxy groups -OCH3 is 1. The summed E-state index contributed by atoms with van der Waals surface area (Å²) in [6.07, 6.45) is 0.199. The maximum atomic E-state index is 10.9. The Kier molecular flexibility index (Phi) is 3.08. The first-order chi connectivity index (χ1) is 6.69. The molecule has 0 heterocycles. The number of hydrogen-bond donors (Lipinski definition) is 1. The van der Waals surface area contributed by atoms with Crippen molar-refractivity contribution in [2.45, 2.75) is 6.42 Å². The molecule has 1 amide bonds. The minimum Gasteiger partial charge on any atom is -0.496 e. The first kappa shape index (κ1) is 10.1. The van der Waals surface area contributed by atoms with Crippen LogP contribution in [-0.4, -0.2) is 13.0 Å². The van der Waals surface area contributed by atoms with Crippen molar-refractivity contribution in [3.8, 4) is 11.8 Å². The maximum absolute atomic E-state index is 10.9. The van der Waals surface area contributed by atoms with E-state index in [1.54, 1.807) is 18.2 Å². The summed E-state index contributed by atoms with van der Waals surface area (Å²) in [6.45, 7) is 0. The van der Waals surface area contributed by atoms with Crippen LogP contribution in [0.4, 0.5) is 0 Å². The predicted octanol–water partition coefficient (Wildman–Crippen LogP) is 0.860. The molecule has 4 nitrogen and oxygen atoms in total. The average Bonchev–Trinajstić information content (AvgIpc) is 2.18. The molecule has 1 rings (SSSR count). The van der Waals surface area contributed by atoms with Crippen LogP contribution in [0.2, 0.25) is 0 Å². The number of carbonyl (C=O) groups is 1. The first-order valence-electron chi connectivity index (χ1n) is 4.02. The zero-order valence-corrected chi connectivity index (χ0v) is 7.78. The molecule has 1 aromatic carbocycles. The third-order valence-corrected chi connectivity index (χ3v) is 1.83. The van der Waals surface area contributed by atoms with Gasteiger partial charge in [0.2, 0.25) is 5.91 Å². The summed E-state index contributed by atoms with van der Waals surface area (Å²) in [5, 5.41) is 8.55. The number of amides is 1. The number of nitriles is 1. The Morgan fingerprint density at radius 3 is 2.86 bits per heavy atom. The van der Waals surface area contributed by atoms with Crippen molar-refractivity contribution in [2.75, 3.05) is 7.11 Å². The zero-order valence-electron chi connectivity index (χ0n) is 7.78. The van der Waals surface area contributed by atoms with Crippen LogP contribution in [0.1, 0.15) is 15.9 Å². The molecule has 14 heavy (non-hydrogen) atoms. The summed E-state index contributed by atoms with van der Waals surface area (Å²) in [4.78, 5) is 10.9. The molecular formula is C10H10N2O2. The molecule has 0 aliphatic heterocycles. The molecule has 0 radical (unpaired) electrons. The molecule has 4 heteroatoms. The van der Waals surface area contributed by atoms with Crippen LogP contribution in [0, 0.1) is 11.3 Å². The van der Waals surface area contributed by atoms with E-state index >= 15 is 0 Å². The van der Waals surface area contributed by atoms with Crippen molar-refractivity contribution in [3.63, 3.8) is 0 Å². The molecule has 0 saturated carbocycles. The van der Waals surface area contributed by atoms with Gasteiger partial charge in [0.05, 0.1) is 19.6 Å². The van der Waals surface area contributed by atoms with Gasteiger partial charge in [0.25, 0.3) is 0 Å². The highest BCUT2D eigenvalue weighted by atomic mass is 16.5. The number of ether oxygens (including phenoxy) is 1. The third kappa shape index (κ3) is 2.02. The van der Waals surface area contributed by atoms with Gasteiger partial charge in [0, 0.05) is 11.1 Å². The van der Waals surface area contributed by atoms with E-state index in [0.717, 1.165) is 0 Å². The summed E-state index contributed by atoms with van der Waals surface area (Å²) in [5.41, 5.74) is 6.17. The SMILES string of the molecule is COc1ccc(C(N)=O)cc1CC#N. The van der Waals surface area contributed by atoms with Gasteiger partial charge in [0.1, 0.15) is 5.75 Å². The summed E-state index contributed by atoms with van der Waals surface area (Å²) in [7, 11) is 1.51. The topological polar surface area (TPSA) is 76.1 Å². The molecular weight excluding hydrogens is 180 g/mol. The molecule has 0 aliphatic carbocycles. The van der Waals surface area contributed by atoms with Gasteiger partial charge < -0.3 is 10.5 Å². The van der Waals surface area contributed by atoms with Crippen molar-refractivity contribution in [1.29, 1.82) is 5.26 Å². The van der Waals surface area contributed by atoms with Crippen LogP contribution >= 0.6 is 0 Å². The highest BCUT2D eigenvalue weighted by molar-refractivity contribution is 5.93. The summed E-state index contributed by atoms with van der Waals surface area (Å²) >= 11 is 0. The van der Waals surface area contributed by atoms with Crippen molar-refractivity contribution < 1.29 is 9.53 Å². The molecule has 0 bridgehead atoms. The third-order valence-electron chi connectivity index (χ3n) is 1.83. The van der Waals surface area contributed by atoms with Gasteiger partial charge in [-0.15, -0.1) is 0 Å². The Balaban J connectivity index is 3.15. The number of benzene rings is 1. The fourth-order valence-electron chi connectivity index (χ4n) is 1.16. The number of rotatable bonds is 3. The second-order valence-electron chi connectivity index (χ2n) is 2.73. The molecule has 2 N–H and O–H groups in total. The second-order valence-corrected chi connectivity index (χ2v) is 2.73. The lowest BCUT2D eigenvalue weighted by Gasteiger charge is -2.06. The van der Waals surface area contributed by atoms with Gasteiger partial charge in [-0.3, -0.25) is 4.79 Å². The van der Waals surface area contributed by atoms with E-state index in [2.05, 4.69) is 0 Å². The van der Waals surface area contributed by atoms with Crippen LogP contribution in [-0.2, 0) is 6.42 Å². The number of nitrogens with zero attached hydrogens (tertiary/aromatic N) is 1. The summed E-state index contributed by atoms with van der Waals surface area (Å²) in [5.74, 6) is 0.0865. The van der Waals surface area contributed by atoms with Gasteiger partial charge in [-0.2, -0.15) is 5.26 Å². The molecule has 0 spiro atoms. The van der Waals surface area contributed by atoms with E-state index in [4.69, 9.17) is 15.7 Å². The molecule has 0 atom stereocenters. The molecule has 0 aromatic heterocycles. The fraction of sp³-hybridized carbons (Fsp3) is 0.200. The number of carbonyl (C=O) groups excluding carboxylic acids is 1. The normalized spacial score (nSPS) is 9.14. The molecule has 0 unspecified atom stereocenters. The molecule has 0 saturated heterocycles. The Morgan fingerprint density at radius 1 is 1.64 bits per heavy atom. The van der Waals surface area contributed by atoms with E-state index in [1.807, 2.05) is 6.07 Å². The molecule has 1 aromatic rings. The highest BCUT2D eigenvalue weighted by Gasteiger charge is 2.06. The van der Waals surface area contributed by atoms with Gasteiger partial charge in [-0.05, 0) is 18.2 Å². The van der Waals surface area contributed by atoms with Crippen molar-refractivity contribution in [3.05, 3.63) is 29.3 Å². The highest BCUT2D eigenvalue weighted by Crippen LogP contribution is 2.19. The minimum absolute atomic E-state index is 0.199. The quantitative estimate of drug-likeness (QED) is 0.767. The van der Waals surface area contributed by atoms with Crippen LogP contribution in [0.25, 0.3) is 0 Å². The van der Waals surface area contributed by atoms with Crippen LogP contribution in [0.5, 0.6) is 5.75 Å². The zero-order chi connectivity index (χ0) is 10.6. The van der Waals surface area contributed by atoms with E-state index in [1.165, 1.54) is 7.11 Å². The van der Waals surface area contributed by atoms with E-state index < -0.39 is 5.91 Å². The van der Waals surface area contributed by atoms with Gasteiger partial charge in [0.15, 0.2) is 0 Å². The average molecular weight is 190 g/mol. The van der Waals surface area contributed by atoms with Crippen molar-refractivity contribution >= 4 is 5.91 Å². The number of nitrogens with two attached hydrogens (primary N) is 1. The molecule has 0 fully saturated rings. The van der Waals surface area contributed by atoms with E-state index in [0.29, 0.717) is 16.9 Å². The lowest BCUT2D eigenvalue weighted by Crippen LogP contribution is -2.11. The number of hydrogen-bond acceptors (Lipinski definition) is 3. The lowest BCUT2D eigenvalue weighted by atomic mass is 10.1. The van der Waals surface area contributed by atoms with Gasteiger partial charge in [-0.25, -0.2) is 0 Å². The monoisotopic (exact) mass is 190 g/mol. The predicted molar refractivity (Wildman–Crippen MR) is 50.8 cm³/mol. The van der Waals surface area contributed by atoms with Crippen LogP contribution in [0.15, 0.2) is 18.2 Å². The Bertz CT molecular complexity index is 394. The summed E-state index contributed by atoms with van der Waals surface area (Å²) in [6, 6.07) is 6.77. The van der Waals surface area contributed by atoms with E-state index in [-0.39, 0.29) is 6.42 Å². The molecule has 0 aliphatic rings. The van der Waals surface area contributed by atoms with Crippen molar-refractivity contribution in [2.24, 2.45) is 5.73 Å². The fourth-order valence-corrected chi connectivity index (χ4v) is 1.16. The first-order valence-corrected chi connectivity index (χ1v) is 4.02.